The first-order valence-electron chi connectivity index (χ1n) is 2.69. The van der Waals surface area contributed by atoms with Crippen molar-refractivity contribution in [3.63, 3.8) is 0 Å². The zero-order valence-electron chi connectivity index (χ0n) is 5.37. The molecule has 0 unspecified atom stereocenters. The van der Waals surface area contributed by atoms with E-state index in [1.807, 2.05) is 0 Å². The Balaban J connectivity index is 3.05. The molecule has 0 bridgehead atoms. The molecule has 0 spiro atoms. The van der Waals surface area contributed by atoms with Crippen LogP contribution in [-0.2, 0) is 0 Å². The topological polar surface area (TPSA) is 12.0 Å². The van der Waals surface area contributed by atoms with Crippen LogP contribution in [-0.4, -0.2) is 12.6 Å². The second-order valence-corrected chi connectivity index (χ2v) is 2.59. The van der Waals surface area contributed by atoms with Crippen LogP contribution in [0.3, 0.4) is 0 Å². The Labute approximate surface area is 55.7 Å². The fraction of sp³-hybridized carbons (Fsp3) is 0.667. The summed E-state index contributed by atoms with van der Waals surface area (Å²) in [4.78, 5) is 0. The molecule has 0 rings (SSSR count). The van der Waals surface area contributed by atoms with E-state index in [4.69, 9.17) is 11.6 Å². The molecule has 8 heavy (non-hydrogen) atoms. The molecule has 48 valence electrons. The fourth-order valence-electron chi connectivity index (χ4n) is 0.315. The zero-order chi connectivity index (χ0) is 6.57. The van der Waals surface area contributed by atoms with Gasteiger partial charge in [0, 0.05) is 17.6 Å². The minimum atomic E-state index is 0.491. The minimum Gasteiger partial charge on any atom is -0.310 e. The van der Waals surface area contributed by atoms with Crippen LogP contribution in [0.5, 0.6) is 0 Å². The Morgan fingerprint density at radius 1 is 1.75 bits per heavy atom. The summed E-state index contributed by atoms with van der Waals surface area (Å²) in [6.07, 6.45) is 0. The van der Waals surface area contributed by atoms with Crippen molar-refractivity contribution in [1.82, 2.24) is 5.32 Å². The molecule has 0 atom stereocenters. The highest BCUT2D eigenvalue weighted by atomic mass is 35.5. The normalized spacial score (nSPS) is 10.0. The lowest BCUT2D eigenvalue weighted by Gasteiger charge is -2.04. The smallest absolute Gasteiger partial charge is 0.0309 e. The van der Waals surface area contributed by atoms with Gasteiger partial charge in [-0.15, -0.1) is 0 Å². The fourth-order valence-corrected chi connectivity index (χ4v) is 0.392. The Morgan fingerprint density at radius 2 is 2.25 bits per heavy atom. The highest BCUT2D eigenvalue weighted by Gasteiger charge is 1.90. The summed E-state index contributed by atoms with van der Waals surface area (Å²) < 4.78 is 0. The summed E-state index contributed by atoms with van der Waals surface area (Å²) in [6, 6.07) is 0.491. The summed E-state index contributed by atoms with van der Waals surface area (Å²) in [7, 11) is 0. The van der Waals surface area contributed by atoms with Crippen molar-refractivity contribution in [2.24, 2.45) is 0 Å². The van der Waals surface area contributed by atoms with Gasteiger partial charge in [-0.25, -0.2) is 0 Å². The second kappa shape index (κ2) is 3.93. The van der Waals surface area contributed by atoms with Crippen molar-refractivity contribution in [2.75, 3.05) is 6.54 Å². The first-order chi connectivity index (χ1) is 3.63. The molecule has 0 heterocycles. The third kappa shape index (κ3) is 5.99. The molecule has 0 fully saturated rings. The summed E-state index contributed by atoms with van der Waals surface area (Å²) in [5, 5.41) is 3.78. The predicted molar refractivity (Wildman–Crippen MR) is 38.1 cm³/mol. The SMILES string of the molecule is C=C(Cl)CNC(C)C. The molecule has 1 N–H and O–H groups in total. The van der Waals surface area contributed by atoms with Crippen LogP contribution >= 0.6 is 11.6 Å². The van der Waals surface area contributed by atoms with Crippen LogP contribution in [0, 0.1) is 0 Å². The summed E-state index contributed by atoms with van der Waals surface area (Å²) in [5.41, 5.74) is 0. The molecule has 0 aromatic rings. The van der Waals surface area contributed by atoms with Gasteiger partial charge in [0.2, 0.25) is 0 Å². The van der Waals surface area contributed by atoms with Crippen molar-refractivity contribution in [3.8, 4) is 0 Å². The number of hydrogen-bond donors (Lipinski definition) is 1. The lowest BCUT2D eigenvalue weighted by molar-refractivity contribution is 0.630. The van der Waals surface area contributed by atoms with Crippen molar-refractivity contribution >= 4 is 11.6 Å². The maximum Gasteiger partial charge on any atom is 0.0309 e. The van der Waals surface area contributed by atoms with Crippen LogP contribution in [0.25, 0.3) is 0 Å². The van der Waals surface area contributed by atoms with Gasteiger partial charge in [-0.3, -0.25) is 0 Å². The number of rotatable bonds is 3. The van der Waals surface area contributed by atoms with E-state index in [-0.39, 0.29) is 0 Å². The summed E-state index contributed by atoms with van der Waals surface area (Å²) >= 11 is 5.46. The third-order valence-electron chi connectivity index (χ3n) is 0.702. The molecule has 1 nitrogen and oxygen atoms in total. The molecular formula is C6H12ClN. The average Bonchev–Trinajstić information content (AvgIpc) is 1.61. The van der Waals surface area contributed by atoms with E-state index in [0.717, 1.165) is 0 Å². The highest BCUT2D eigenvalue weighted by Crippen LogP contribution is 1.92. The van der Waals surface area contributed by atoms with E-state index >= 15 is 0 Å². The lowest BCUT2D eigenvalue weighted by Crippen LogP contribution is -2.23. The van der Waals surface area contributed by atoms with Crippen molar-refractivity contribution < 1.29 is 0 Å². The van der Waals surface area contributed by atoms with E-state index in [9.17, 15) is 0 Å². The molecule has 0 radical (unpaired) electrons. The number of hydrogen-bond acceptors (Lipinski definition) is 1. The number of halogens is 1. The van der Waals surface area contributed by atoms with Gasteiger partial charge in [-0.2, -0.15) is 0 Å². The molecular weight excluding hydrogens is 122 g/mol. The Bertz CT molecular complexity index is 78.6. The molecule has 0 aromatic heterocycles. The Hall–Kier alpha value is -0.0100. The van der Waals surface area contributed by atoms with Gasteiger partial charge in [-0.05, 0) is 0 Å². The average molecular weight is 134 g/mol. The van der Waals surface area contributed by atoms with Crippen molar-refractivity contribution in [1.29, 1.82) is 0 Å². The number of nitrogens with one attached hydrogen (secondary N) is 1. The molecule has 0 aliphatic heterocycles. The first-order valence-corrected chi connectivity index (χ1v) is 3.07. The molecule has 0 amide bonds. The molecule has 0 aliphatic carbocycles. The quantitative estimate of drug-likeness (QED) is 0.619. The van der Waals surface area contributed by atoms with Crippen LogP contribution < -0.4 is 5.32 Å². The van der Waals surface area contributed by atoms with Crippen LogP contribution in [0.15, 0.2) is 11.6 Å². The largest absolute Gasteiger partial charge is 0.310 e. The molecule has 0 saturated heterocycles. The maximum atomic E-state index is 5.46. The van der Waals surface area contributed by atoms with Gasteiger partial charge >= 0.3 is 0 Å². The van der Waals surface area contributed by atoms with Crippen LogP contribution in [0.1, 0.15) is 13.8 Å². The van der Waals surface area contributed by atoms with E-state index in [1.165, 1.54) is 0 Å². The van der Waals surface area contributed by atoms with Gasteiger partial charge in [0.25, 0.3) is 0 Å². The second-order valence-electron chi connectivity index (χ2n) is 2.05. The van der Waals surface area contributed by atoms with Gasteiger partial charge in [0.05, 0.1) is 0 Å². The van der Waals surface area contributed by atoms with Gasteiger partial charge in [-0.1, -0.05) is 32.0 Å². The van der Waals surface area contributed by atoms with Gasteiger partial charge < -0.3 is 5.32 Å². The van der Waals surface area contributed by atoms with E-state index in [2.05, 4.69) is 25.7 Å². The summed E-state index contributed by atoms with van der Waals surface area (Å²) in [5.74, 6) is 0. The van der Waals surface area contributed by atoms with Gasteiger partial charge in [0.15, 0.2) is 0 Å². The van der Waals surface area contributed by atoms with Gasteiger partial charge in [0.1, 0.15) is 0 Å². The molecule has 0 aromatic carbocycles. The first kappa shape index (κ1) is 7.99. The van der Waals surface area contributed by atoms with E-state index < -0.39 is 0 Å². The lowest BCUT2D eigenvalue weighted by atomic mass is 10.4. The molecule has 0 aliphatic rings. The third-order valence-corrected chi connectivity index (χ3v) is 0.836. The van der Waals surface area contributed by atoms with Crippen molar-refractivity contribution in [3.05, 3.63) is 11.6 Å². The molecule has 0 saturated carbocycles. The van der Waals surface area contributed by atoms with E-state index in [1.54, 1.807) is 0 Å². The van der Waals surface area contributed by atoms with Crippen molar-refractivity contribution in [2.45, 2.75) is 19.9 Å². The van der Waals surface area contributed by atoms with Crippen LogP contribution in [0.2, 0.25) is 0 Å². The molecule has 2 heteroatoms. The van der Waals surface area contributed by atoms with Crippen LogP contribution in [0.4, 0.5) is 0 Å². The Morgan fingerprint density at radius 3 is 2.38 bits per heavy atom. The summed E-state index contributed by atoms with van der Waals surface area (Å²) in [6.45, 7) is 8.38. The minimum absolute atomic E-state index is 0.491. The standard InChI is InChI=1S/C6H12ClN/c1-5(2)8-4-6(3)7/h5,8H,3-4H2,1-2H3. The maximum absolute atomic E-state index is 5.46. The Kier molecular flexibility index (Phi) is 3.92. The predicted octanol–water partition coefficient (Wildman–Crippen LogP) is 1.74. The monoisotopic (exact) mass is 133 g/mol. The highest BCUT2D eigenvalue weighted by molar-refractivity contribution is 6.29. The van der Waals surface area contributed by atoms with E-state index in [0.29, 0.717) is 17.6 Å². The zero-order valence-corrected chi connectivity index (χ0v) is 6.13.